The van der Waals surface area contributed by atoms with E-state index in [0.29, 0.717) is 5.69 Å². The van der Waals surface area contributed by atoms with Crippen molar-refractivity contribution in [1.82, 2.24) is 9.97 Å². The molecular weight excluding hydrogens is 271 g/mol. The third kappa shape index (κ3) is 3.35. The predicted octanol–water partition coefficient (Wildman–Crippen LogP) is 2.83. The summed E-state index contributed by atoms with van der Waals surface area (Å²) in [7, 11) is 0. The van der Waals surface area contributed by atoms with Crippen LogP contribution < -0.4 is 16.6 Å². The first-order valence-corrected chi connectivity index (χ1v) is 5.65. The Kier molecular flexibility index (Phi) is 3.75. The zero-order valence-electron chi connectivity index (χ0n) is 10.5. The third-order valence-electron chi connectivity index (χ3n) is 2.44. The van der Waals surface area contributed by atoms with E-state index < -0.39 is 11.9 Å². The molecule has 1 aromatic carbocycles. The van der Waals surface area contributed by atoms with Gasteiger partial charge in [0, 0.05) is 11.8 Å². The van der Waals surface area contributed by atoms with Crippen molar-refractivity contribution >= 4 is 17.5 Å². The van der Waals surface area contributed by atoms with Crippen LogP contribution in [0.25, 0.3) is 0 Å². The molecule has 106 valence electrons. The third-order valence-corrected chi connectivity index (χ3v) is 2.44. The number of nitrogens with one attached hydrogen (secondary N) is 2. The highest BCUT2D eigenvalue weighted by Crippen LogP contribution is 2.30. The summed E-state index contributed by atoms with van der Waals surface area (Å²) in [5.41, 5.74) is 2.54. The second-order valence-electron chi connectivity index (χ2n) is 4.10. The molecule has 0 spiro atoms. The molecule has 0 saturated heterocycles. The summed E-state index contributed by atoms with van der Waals surface area (Å²) in [6.07, 6.45) is -4.57. The van der Waals surface area contributed by atoms with Gasteiger partial charge in [0.15, 0.2) is 5.69 Å². The Morgan fingerprint density at radius 3 is 2.50 bits per heavy atom. The van der Waals surface area contributed by atoms with E-state index in [-0.39, 0.29) is 11.8 Å². The number of alkyl halides is 3. The van der Waals surface area contributed by atoms with E-state index in [1.54, 1.807) is 18.2 Å². The van der Waals surface area contributed by atoms with E-state index in [1.165, 1.54) is 0 Å². The molecule has 5 nitrogen and oxygen atoms in total. The number of benzene rings is 1. The number of nitrogens with zero attached hydrogens (tertiary/aromatic N) is 2. The average molecular weight is 283 g/mol. The van der Waals surface area contributed by atoms with Crippen molar-refractivity contribution in [3.63, 3.8) is 0 Å². The molecule has 0 unspecified atom stereocenters. The SMILES string of the molecule is Cc1cccc(Nc2cc(C(F)(F)F)nc(NN)n2)c1. The van der Waals surface area contributed by atoms with Gasteiger partial charge in [0.2, 0.25) is 5.95 Å². The molecule has 0 amide bonds. The van der Waals surface area contributed by atoms with Gasteiger partial charge >= 0.3 is 6.18 Å². The minimum atomic E-state index is -4.57. The van der Waals surface area contributed by atoms with Crippen LogP contribution in [0.1, 0.15) is 11.3 Å². The Morgan fingerprint density at radius 1 is 1.15 bits per heavy atom. The largest absolute Gasteiger partial charge is 0.433 e. The molecule has 20 heavy (non-hydrogen) atoms. The van der Waals surface area contributed by atoms with Gasteiger partial charge < -0.3 is 5.32 Å². The number of aryl methyl sites for hydroxylation is 1. The van der Waals surface area contributed by atoms with E-state index in [4.69, 9.17) is 5.84 Å². The minimum absolute atomic E-state index is 0.00544. The summed E-state index contributed by atoms with van der Waals surface area (Å²) in [6.45, 7) is 1.87. The van der Waals surface area contributed by atoms with E-state index in [2.05, 4.69) is 15.3 Å². The lowest BCUT2D eigenvalue weighted by Gasteiger charge is -2.11. The fraction of sp³-hybridized carbons (Fsp3) is 0.167. The highest BCUT2D eigenvalue weighted by atomic mass is 19.4. The Labute approximate surface area is 113 Å². The van der Waals surface area contributed by atoms with Crippen LogP contribution in [0.4, 0.5) is 30.6 Å². The second-order valence-corrected chi connectivity index (χ2v) is 4.10. The normalized spacial score (nSPS) is 11.2. The number of anilines is 3. The van der Waals surface area contributed by atoms with Gasteiger partial charge in [-0.1, -0.05) is 12.1 Å². The van der Waals surface area contributed by atoms with Crippen LogP contribution in [-0.4, -0.2) is 9.97 Å². The molecule has 0 fully saturated rings. The quantitative estimate of drug-likeness (QED) is 0.596. The zero-order chi connectivity index (χ0) is 14.8. The van der Waals surface area contributed by atoms with Crippen molar-refractivity contribution in [3.05, 3.63) is 41.6 Å². The Morgan fingerprint density at radius 2 is 1.90 bits per heavy atom. The predicted molar refractivity (Wildman–Crippen MR) is 69.3 cm³/mol. The first-order chi connectivity index (χ1) is 9.38. The Bertz CT molecular complexity index is 612. The summed E-state index contributed by atoms with van der Waals surface area (Å²) in [5.74, 6) is 4.77. The number of nitrogen functional groups attached to an aromatic ring is 1. The van der Waals surface area contributed by atoms with E-state index in [1.807, 2.05) is 18.4 Å². The molecule has 1 heterocycles. The van der Waals surface area contributed by atoms with Crippen LogP contribution >= 0.6 is 0 Å². The van der Waals surface area contributed by atoms with Gasteiger partial charge in [-0.2, -0.15) is 18.2 Å². The first kappa shape index (κ1) is 14.1. The van der Waals surface area contributed by atoms with E-state index in [0.717, 1.165) is 11.6 Å². The number of hydrazine groups is 1. The molecule has 2 aromatic rings. The molecule has 0 bridgehead atoms. The Hall–Kier alpha value is -2.35. The molecule has 2 rings (SSSR count). The lowest BCUT2D eigenvalue weighted by atomic mass is 10.2. The lowest BCUT2D eigenvalue weighted by Crippen LogP contribution is -2.16. The fourth-order valence-corrected chi connectivity index (χ4v) is 1.59. The number of halogens is 3. The highest BCUT2D eigenvalue weighted by Gasteiger charge is 2.33. The topological polar surface area (TPSA) is 75.9 Å². The second kappa shape index (κ2) is 5.33. The average Bonchev–Trinajstić information content (AvgIpc) is 2.37. The summed E-state index contributed by atoms with van der Waals surface area (Å²) < 4.78 is 38.1. The fourth-order valence-electron chi connectivity index (χ4n) is 1.59. The van der Waals surface area contributed by atoms with Gasteiger partial charge in [0.05, 0.1) is 0 Å². The monoisotopic (exact) mass is 283 g/mol. The van der Waals surface area contributed by atoms with Crippen molar-refractivity contribution in [1.29, 1.82) is 0 Å². The van der Waals surface area contributed by atoms with Crippen LogP contribution in [0.5, 0.6) is 0 Å². The maximum absolute atomic E-state index is 12.7. The number of aromatic nitrogens is 2. The van der Waals surface area contributed by atoms with Crippen molar-refractivity contribution in [2.75, 3.05) is 10.7 Å². The van der Waals surface area contributed by atoms with Crippen molar-refractivity contribution < 1.29 is 13.2 Å². The van der Waals surface area contributed by atoms with Gasteiger partial charge in [-0.25, -0.2) is 10.8 Å². The van der Waals surface area contributed by atoms with Crippen LogP contribution in [0.2, 0.25) is 0 Å². The van der Waals surface area contributed by atoms with Gasteiger partial charge in [-0.05, 0) is 24.6 Å². The number of hydrogen-bond acceptors (Lipinski definition) is 5. The lowest BCUT2D eigenvalue weighted by molar-refractivity contribution is -0.141. The molecule has 0 aliphatic carbocycles. The molecule has 0 aliphatic heterocycles. The summed E-state index contributed by atoms with van der Waals surface area (Å²) in [6, 6.07) is 7.98. The van der Waals surface area contributed by atoms with Crippen LogP contribution in [0.15, 0.2) is 30.3 Å². The smallest absolute Gasteiger partial charge is 0.340 e. The molecule has 0 radical (unpaired) electrons. The Balaban J connectivity index is 2.36. The summed E-state index contributed by atoms with van der Waals surface area (Å²) >= 11 is 0. The van der Waals surface area contributed by atoms with Crippen LogP contribution in [-0.2, 0) is 6.18 Å². The number of nitrogens with two attached hydrogens (primary N) is 1. The van der Waals surface area contributed by atoms with E-state index in [9.17, 15) is 13.2 Å². The van der Waals surface area contributed by atoms with Crippen molar-refractivity contribution in [3.8, 4) is 0 Å². The molecule has 1 aromatic heterocycles. The minimum Gasteiger partial charge on any atom is -0.340 e. The van der Waals surface area contributed by atoms with Gasteiger partial charge in [-0.15, -0.1) is 0 Å². The van der Waals surface area contributed by atoms with Crippen molar-refractivity contribution in [2.24, 2.45) is 5.84 Å². The zero-order valence-corrected chi connectivity index (χ0v) is 10.5. The standard InChI is InChI=1S/C12H12F3N5/c1-7-3-2-4-8(5-7)17-10-6-9(12(13,14)15)18-11(19-10)20-16/h2-6H,16H2,1H3,(H2,17,18,19,20). The maximum Gasteiger partial charge on any atom is 0.433 e. The number of rotatable bonds is 3. The molecular formula is C12H12F3N5. The summed E-state index contributed by atoms with van der Waals surface area (Å²) in [4.78, 5) is 7.10. The van der Waals surface area contributed by atoms with Gasteiger partial charge in [0.1, 0.15) is 5.82 Å². The van der Waals surface area contributed by atoms with E-state index >= 15 is 0 Å². The first-order valence-electron chi connectivity index (χ1n) is 5.65. The highest BCUT2D eigenvalue weighted by molar-refractivity contribution is 5.58. The van der Waals surface area contributed by atoms with Gasteiger partial charge in [0.25, 0.3) is 0 Å². The molecule has 4 N–H and O–H groups in total. The molecule has 0 aliphatic rings. The number of hydrogen-bond donors (Lipinski definition) is 3. The van der Waals surface area contributed by atoms with Gasteiger partial charge in [-0.3, -0.25) is 5.43 Å². The van der Waals surface area contributed by atoms with Crippen LogP contribution in [0, 0.1) is 6.92 Å². The van der Waals surface area contributed by atoms with Crippen molar-refractivity contribution in [2.45, 2.75) is 13.1 Å². The molecule has 0 atom stereocenters. The molecule has 8 heteroatoms. The maximum atomic E-state index is 12.7. The van der Waals surface area contributed by atoms with Crippen LogP contribution in [0.3, 0.4) is 0 Å². The summed E-state index contributed by atoms with van der Waals surface area (Å²) in [5, 5.41) is 2.79. The molecule has 0 saturated carbocycles.